The fourth-order valence-electron chi connectivity index (χ4n) is 3.30. The second-order valence-corrected chi connectivity index (χ2v) is 8.08. The lowest BCUT2D eigenvalue weighted by Crippen LogP contribution is -2.08. The number of thiophene rings is 1. The molecule has 5 nitrogen and oxygen atoms in total. The molecule has 0 saturated heterocycles. The third-order valence-corrected chi connectivity index (χ3v) is 6.12. The fourth-order valence-corrected chi connectivity index (χ4v) is 4.33. The molecule has 9 heteroatoms. The molecule has 2 aromatic heterocycles. The average molecular weight is 489 g/mol. The van der Waals surface area contributed by atoms with Crippen LogP contribution >= 0.6 is 11.3 Å². The van der Waals surface area contributed by atoms with Gasteiger partial charge in [0.05, 0.1) is 30.8 Å². The standard InChI is InChI=1S/C16H14N2O3S.C9H9F3/c1-4-10-5-6-11-12(7-10)18(9-17-11)14-8-13(20-2)15(22-14)16(19)21-3;1-2-7-5-3-4-6-8(7)9(10,11)12/h4-9H,1H2,2-3H3;3-6H,2H2,1H3. The summed E-state index contributed by atoms with van der Waals surface area (Å²) in [5, 5.41) is 0.834. The number of hydrogen-bond donors (Lipinski definition) is 0. The Morgan fingerprint density at radius 2 is 1.91 bits per heavy atom. The molecule has 0 radical (unpaired) electrons. The molecule has 34 heavy (non-hydrogen) atoms. The van der Waals surface area contributed by atoms with Crippen molar-refractivity contribution in [3.05, 3.63) is 83.0 Å². The summed E-state index contributed by atoms with van der Waals surface area (Å²) in [6.45, 7) is 5.49. The average Bonchev–Trinajstić information content (AvgIpc) is 3.46. The molecular formula is C25H23F3N2O3S. The number of carbonyl (C=O) groups is 1. The van der Waals surface area contributed by atoms with E-state index in [1.807, 2.05) is 22.8 Å². The molecule has 178 valence electrons. The molecule has 0 aliphatic heterocycles. The van der Waals surface area contributed by atoms with Crippen LogP contribution in [0.1, 0.15) is 33.3 Å². The van der Waals surface area contributed by atoms with Gasteiger partial charge in [-0.1, -0.05) is 43.8 Å². The van der Waals surface area contributed by atoms with Crippen molar-refractivity contribution >= 4 is 34.4 Å². The van der Waals surface area contributed by atoms with Crippen LogP contribution in [0.3, 0.4) is 0 Å². The molecule has 0 unspecified atom stereocenters. The van der Waals surface area contributed by atoms with E-state index in [1.54, 1.807) is 31.5 Å². The minimum atomic E-state index is -4.22. The number of ether oxygens (including phenoxy) is 2. The number of alkyl halides is 3. The number of imidazole rings is 1. The van der Waals surface area contributed by atoms with Crippen LogP contribution < -0.4 is 4.74 Å². The fraction of sp³-hybridized carbons (Fsp3) is 0.200. The lowest BCUT2D eigenvalue weighted by Gasteiger charge is -2.10. The van der Waals surface area contributed by atoms with Crippen LogP contribution in [0.4, 0.5) is 13.2 Å². The van der Waals surface area contributed by atoms with Gasteiger partial charge in [0, 0.05) is 6.07 Å². The topological polar surface area (TPSA) is 53.4 Å². The van der Waals surface area contributed by atoms with Crippen LogP contribution in [0.25, 0.3) is 22.1 Å². The SMILES string of the molecule is C=Cc1ccc2ncn(-c3cc(OC)c(C(=O)OC)s3)c2c1.CCc1ccccc1C(F)(F)F. The molecule has 2 heterocycles. The van der Waals surface area contributed by atoms with Gasteiger partial charge in [0.1, 0.15) is 17.1 Å². The van der Waals surface area contributed by atoms with Crippen molar-refractivity contribution in [2.75, 3.05) is 14.2 Å². The second kappa shape index (κ2) is 10.6. The minimum absolute atomic E-state index is 0.352. The van der Waals surface area contributed by atoms with Crippen molar-refractivity contribution in [2.24, 2.45) is 0 Å². The van der Waals surface area contributed by atoms with Crippen LogP contribution in [-0.4, -0.2) is 29.7 Å². The summed E-state index contributed by atoms with van der Waals surface area (Å²) in [5.41, 5.74) is 2.65. The first kappa shape index (κ1) is 25.0. The summed E-state index contributed by atoms with van der Waals surface area (Å²) in [6.07, 6.45) is -0.294. The van der Waals surface area contributed by atoms with Crippen molar-refractivity contribution in [1.82, 2.24) is 9.55 Å². The smallest absolute Gasteiger partial charge is 0.416 e. The van der Waals surface area contributed by atoms with Crippen LogP contribution in [-0.2, 0) is 17.3 Å². The highest BCUT2D eigenvalue weighted by Crippen LogP contribution is 2.34. The number of fused-ring (bicyclic) bond motifs is 1. The molecule has 0 aliphatic rings. The predicted molar refractivity (Wildman–Crippen MR) is 128 cm³/mol. The van der Waals surface area contributed by atoms with Crippen molar-refractivity contribution in [1.29, 1.82) is 0 Å². The number of aryl methyl sites for hydroxylation is 1. The molecule has 0 spiro atoms. The van der Waals surface area contributed by atoms with Gasteiger partial charge in [0.15, 0.2) is 4.88 Å². The predicted octanol–water partition coefficient (Wildman–Crippen LogP) is 6.79. The summed E-state index contributed by atoms with van der Waals surface area (Å²) in [4.78, 5) is 16.6. The first-order chi connectivity index (χ1) is 16.2. The third-order valence-electron chi connectivity index (χ3n) is 5.02. The van der Waals surface area contributed by atoms with Gasteiger partial charge in [-0.05, 0) is 35.7 Å². The van der Waals surface area contributed by atoms with Gasteiger partial charge >= 0.3 is 12.1 Å². The molecule has 2 aromatic carbocycles. The van der Waals surface area contributed by atoms with Gasteiger partial charge in [-0.2, -0.15) is 13.2 Å². The minimum Gasteiger partial charge on any atom is -0.495 e. The summed E-state index contributed by atoms with van der Waals surface area (Å²) < 4.78 is 48.7. The van der Waals surface area contributed by atoms with Crippen molar-refractivity contribution < 1.29 is 27.4 Å². The zero-order valence-corrected chi connectivity index (χ0v) is 19.7. The van der Waals surface area contributed by atoms with Crippen LogP contribution in [0.2, 0.25) is 0 Å². The van der Waals surface area contributed by atoms with E-state index in [-0.39, 0.29) is 0 Å². The Labute approximate surface area is 199 Å². The van der Waals surface area contributed by atoms with Gasteiger partial charge in [0.25, 0.3) is 0 Å². The summed E-state index contributed by atoms with van der Waals surface area (Å²) in [6, 6.07) is 13.3. The summed E-state index contributed by atoms with van der Waals surface area (Å²) >= 11 is 1.30. The normalized spacial score (nSPS) is 11.0. The maximum absolute atomic E-state index is 12.2. The van der Waals surface area contributed by atoms with E-state index in [0.29, 0.717) is 22.6 Å². The Balaban J connectivity index is 0.000000229. The van der Waals surface area contributed by atoms with Gasteiger partial charge in [-0.25, -0.2) is 9.78 Å². The Hall–Kier alpha value is -3.59. The Bertz CT molecular complexity index is 1310. The summed E-state index contributed by atoms with van der Waals surface area (Å²) in [7, 11) is 2.88. The highest BCUT2D eigenvalue weighted by molar-refractivity contribution is 7.16. The van der Waals surface area contributed by atoms with E-state index >= 15 is 0 Å². The Kier molecular flexibility index (Phi) is 7.78. The van der Waals surface area contributed by atoms with Gasteiger partial charge < -0.3 is 9.47 Å². The monoisotopic (exact) mass is 488 g/mol. The van der Waals surface area contributed by atoms with Gasteiger partial charge in [-0.3, -0.25) is 4.57 Å². The van der Waals surface area contributed by atoms with Gasteiger partial charge in [0.2, 0.25) is 0 Å². The maximum Gasteiger partial charge on any atom is 0.416 e. The van der Waals surface area contributed by atoms with Crippen molar-refractivity contribution in [3.8, 4) is 10.8 Å². The first-order valence-corrected chi connectivity index (χ1v) is 11.1. The van der Waals surface area contributed by atoms with Crippen LogP contribution in [0, 0.1) is 0 Å². The summed E-state index contributed by atoms with van der Waals surface area (Å²) in [5.74, 6) is 0.0814. The van der Waals surface area contributed by atoms with Gasteiger partial charge in [-0.15, -0.1) is 11.3 Å². The molecule has 0 N–H and O–H groups in total. The first-order valence-electron chi connectivity index (χ1n) is 10.2. The molecule has 0 amide bonds. The van der Waals surface area contributed by atoms with E-state index in [4.69, 9.17) is 9.47 Å². The van der Waals surface area contributed by atoms with E-state index in [2.05, 4.69) is 11.6 Å². The number of hydrogen-bond acceptors (Lipinski definition) is 5. The zero-order chi connectivity index (χ0) is 24.9. The van der Waals surface area contributed by atoms with E-state index in [0.717, 1.165) is 27.7 Å². The maximum atomic E-state index is 12.2. The lowest BCUT2D eigenvalue weighted by molar-refractivity contribution is -0.138. The van der Waals surface area contributed by atoms with Crippen molar-refractivity contribution in [3.63, 3.8) is 0 Å². The highest BCUT2D eigenvalue weighted by Gasteiger charge is 2.32. The number of benzene rings is 2. The Morgan fingerprint density at radius 1 is 1.18 bits per heavy atom. The largest absolute Gasteiger partial charge is 0.495 e. The molecule has 0 aliphatic carbocycles. The van der Waals surface area contributed by atoms with Crippen LogP contribution in [0.15, 0.2) is 61.4 Å². The zero-order valence-electron chi connectivity index (χ0n) is 18.8. The lowest BCUT2D eigenvalue weighted by atomic mass is 10.1. The molecule has 0 bridgehead atoms. The number of esters is 1. The number of aromatic nitrogens is 2. The van der Waals surface area contributed by atoms with E-state index in [1.165, 1.54) is 37.7 Å². The van der Waals surface area contributed by atoms with E-state index < -0.39 is 17.7 Å². The third kappa shape index (κ3) is 5.31. The number of rotatable bonds is 5. The molecule has 4 rings (SSSR count). The molecule has 4 aromatic rings. The molecule has 0 saturated carbocycles. The van der Waals surface area contributed by atoms with E-state index in [9.17, 15) is 18.0 Å². The highest BCUT2D eigenvalue weighted by atomic mass is 32.1. The molecule has 0 fully saturated rings. The van der Waals surface area contributed by atoms with Crippen molar-refractivity contribution in [2.45, 2.75) is 19.5 Å². The molecular weight excluding hydrogens is 465 g/mol. The van der Waals surface area contributed by atoms with Crippen LogP contribution in [0.5, 0.6) is 5.75 Å². The number of carbonyl (C=O) groups excluding carboxylic acids is 1. The Morgan fingerprint density at radius 3 is 2.50 bits per heavy atom. The number of nitrogens with zero attached hydrogens (tertiary/aromatic N) is 2. The quantitative estimate of drug-likeness (QED) is 0.290. The second-order valence-electron chi connectivity index (χ2n) is 7.05. The number of methoxy groups -OCH3 is 2. The number of halogens is 3. The molecule has 0 atom stereocenters.